The average Bonchev–Trinajstić information content (AvgIpc) is 2.87. The highest BCUT2D eigenvalue weighted by Crippen LogP contribution is 2.31. The maximum absolute atomic E-state index is 13.1. The maximum atomic E-state index is 13.1. The first-order chi connectivity index (χ1) is 18.3. The van der Waals surface area contributed by atoms with Gasteiger partial charge in [-0.25, -0.2) is 16.8 Å². The Morgan fingerprint density at radius 1 is 0.821 bits per heavy atom. The summed E-state index contributed by atoms with van der Waals surface area (Å²) in [5.41, 5.74) is -0.466. The molecule has 0 aliphatic heterocycles. The molecule has 0 aliphatic carbocycles. The van der Waals surface area contributed by atoms with E-state index < -0.39 is 25.8 Å². The zero-order chi connectivity index (χ0) is 28.4. The van der Waals surface area contributed by atoms with Gasteiger partial charge < -0.3 is 15.2 Å². The van der Waals surface area contributed by atoms with E-state index in [9.17, 15) is 26.7 Å². The van der Waals surface area contributed by atoms with E-state index in [0.717, 1.165) is 18.4 Å². The quantitative estimate of drug-likeness (QED) is 0.211. The fourth-order valence-corrected chi connectivity index (χ4v) is 5.45. The molecule has 202 valence electrons. The molecule has 1 amide bonds. The molecule has 0 atom stereocenters. The van der Waals surface area contributed by atoms with Crippen LogP contribution >= 0.6 is 23.2 Å². The highest BCUT2D eigenvalue weighted by atomic mass is 35.5. The van der Waals surface area contributed by atoms with E-state index in [2.05, 4.69) is 10.0 Å². The summed E-state index contributed by atoms with van der Waals surface area (Å²) in [4.78, 5) is 12.8. The lowest BCUT2D eigenvalue weighted by atomic mass is 10.1. The van der Waals surface area contributed by atoms with Crippen LogP contribution in [0.3, 0.4) is 0 Å². The van der Waals surface area contributed by atoms with Gasteiger partial charge in [-0.2, -0.15) is 0 Å². The molecule has 4 aromatic carbocycles. The van der Waals surface area contributed by atoms with Crippen molar-refractivity contribution in [1.82, 2.24) is 0 Å². The molecule has 0 spiro atoms. The Morgan fingerprint density at radius 3 is 2.15 bits per heavy atom. The van der Waals surface area contributed by atoms with Gasteiger partial charge >= 0.3 is 0 Å². The van der Waals surface area contributed by atoms with Crippen molar-refractivity contribution in [3.05, 3.63) is 101 Å². The number of phenols is 1. The number of para-hydroxylation sites is 1. The Bertz CT molecular complexity index is 1780. The van der Waals surface area contributed by atoms with Crippen molar-refractivity contribution >= 4 is 60.3 Å². The van der Waals surface area contributed by atoms with Crippen LogP contribution in [0, 0.1) is 0 Å². The van der Waals surface area contributed by atoms with Crippen molar-refractivity contribution in [2.75, 3.05) is 16.3 Å². The van der Waals surface area contributed by atoms with Gasteiger partial charge in [0.05, 0.1) is 31.8 Å². The molecule has 3 N–H and O–H groups in total. The summed E-state index contributed by atoms with van der Waals surface area (Å²) in [6.07, 6.45) is 0.976. The number of hydrogen-bond acceptors (Lipinski definition) is 7. The van der Waals surface area contributed by atoms with Crippen LogP contribution in [-0.4, -0.2) is 34.1 Å². The first-order valence-electron chi connectivity index (χ1n) is 11.0. The number of benzene rings is 4. The lowest BCUT2D eigenvalue weighted by Crippen LogP contribution is -2.19. The van der Waals surface area contributed by atoms with Crippen LogP contribution in [0.5, 0.6) is 17.2 Å². The molecule has 0 saturated carbocycles. The molecular formula is C26H20Cl2N2O7S2. The fraction of sp³-hybridized carbons (Fsp3) is 0.0385. The van der Waals surface area contributed by atoms with Gasteiger partial charge in [0.2, 0.25) is 0 Å². The zero-order valence-corrected chi connectivity index (χ0v) is 23.2. The van der Waals surface area contributed by atoms with Crippen molar-refractivity contribution in [2.24, 2.45) is 0 Å². The normalized spacial score (nSPS) is 11.6. The molecule has 13 heteroatoms. The lowest BCUT2D eigenvalue weighted by molar-refractivity contribution is 0.102. The van der Waals surface area contributed by atoms with Gasteiger partial charge in [-0.05, 0) is 72.8 Å². The van der Waals surface area contributed by atoms with E-state index in [1.54, 1.807) is 24.3 Å². The standard InChI is InChI=1S/C26H20Cl2N2O7S2/c1-38(33,34)19-11-13-24(31)23(15-19)29-26(32)20-14-16(27)6-12-22(20)30-39(35,36)18-9-7-17(8-10-18)37-25-5-3-2-4-21(25)28/h2-15,30-31H,1H3,(H,29,32). The largest absolute Gasteiger partial charge is 0.506 e. The smallest absolute Gasteiger partial charge is 0.261 e. The molecule has 0 bridgehead atoms. The number of ether oxygens (including phenoxy) is 1. The number of phenolic OH excluding ortho intramolecular Hbond substituents is 1. The third-order valence-electron chi connectivity index (χ3n) is 5.31. The molecule has 0 heterocycles. The summed E-state index contributed by atoms with van der Waals surface area (Å²) >= 11 is 12.1. The van der Waals surface area contributed by atoms with Crippen molar-refractivity contribution in [2.45, 2.75) is 9.79 Å². The number of aromatic hydroxyl groups is 1. The van der Waals surface area contributed by atoms with E-state index >= 15 is 0 Å². The van der Waals surface area contributed by atoms with Gasteiger partial charge in [0, 0.05) is 11.3 Å². The third kappa shape index (κ3) is 6.82. The molecule has 4 aromatic rings. The molecule has 9 nitrogen and oxygen atoms in total. The van der Waals surface area contributed by atoms with Gasteiger partial charge in [0.15, 0.2) is 9.84 Å². The minimum atomic E-state index is -4.17. The molecule has 0 aliphatic rings. The van der Waals surface area contributed by atoms with E-state index in [1.807, 2.05) is 0 Å². The third-order valence-corrected chi connectivity index (χ3v) is 8.35. The molecule has 0 unspecified atom stereocenters. The molecule has 0 fully saturated rings. The number of nitrogens with one attached hydrogen (secondary N) is 2. The van der Waals surface area contributed by atoms with Crippen LogP contribution in [0.15, 0.2) is 94.7 Å². The Morgan fingerprint density at radius 2 is 1.49 bits per heavy atom. The van der Waals surface area contributed by atoms with E-state index in [-0.39, 0.29) is 37.5 Å². The number of carbonyl (C=O) groups excluding carboxylic acids is 1. The van der Waals surface area contributed by atoms with E-state index in [4.69, 9.17) is 27.9 Å². The average molecular weight is 607 g/mol. The number of carbonyl (C=O) groups is 1. The summed E-state index contributed by atoms with van der Waals surface area (Å²) in [6.45, 7) is 0. The number of halogens is 2. The van der Waals surface area contributed by atoms with Gasteiger partial charge in [-0.1, -0.05) is 35.3 Å². The van der Waals surface area contributed by atoms with Crippen LogP contribution in [0.2, 0.25) is 10.0 Å². The molecule has 4 rings (SSSR count). The zero-order valence-electron chi connectivity index (χ0n) is 20.1. The fourth-order valence-electron chi connectivity index (χ4n) is 3.37. The topological polar surface area (TPSA) is 139 Å². The first kappa shape index (κ1) is 28.2. The van der Waals surface area contributed by atoms with Crippen LogP contribution in [0.4, 0.5) is 11.4 Å². The predicted molar refractivity (Wildman–Crippen MR) is 149 cm³/mol. The Balaban J connectivity index is 1.58. The number of rotatable bonds is 8. The SMILES string of the molecule is CS(=O)(=O)c1ccc(O)c(NC(=O)c2cc(Cl)ccc2NS(=O)(=O)c2ccc(Oc3ccccc3Cl)cc2)c1. The van der Waals surface area contributed by atoms with Crippen molar-refractivity contribution in [1.29, 1.82) is 0 Å². The van der Waals surface area contributed by atoms with Crippen LogP contribution < -0.4 is 14.8 Å². The van der Waals surface area contributed by atoms with Gasteiger partial charge in [-0.15, -0.1) is 0 Å². The first-order valence-corrected chi connectivity index (χ1v) is 15.2. The second-order valence-corrected chi connectivity index (χ2v) is 12.7. The lowest BCUT2D eigenvalue weighted by Gasteiger charge is -2.15. The molecular weight excluding hydrogens is 587 g/mol. The number of amides is 1. The van der Waals surface area contributed by atoms with Crippen molar-refractivity contribution < 1.29 is 31.5 Å². The summed E-state index contributed by atoms with van der Waals surface area (Å²) in [5, 5.41) is 13.0. The summed E-state index contributed by atoms with van der Waals surface area (Å²) in [7, 11) is -7.80. The summed E-state index contributed by atoms with van der Waals surface area (Å²) in [5.74, 6) is -0.485. The van der Waals surface area contributed by atoms with Crippen LogP contribution in [0.1, 0.15) is 10.4 Å². The van der Waals surface area contributed by atoms with Crippen molar-refractivity contribution in [3.63, 3.8) is 0 Å². The Kier molecular flexibility index (Phi) is 8.07. The Labute approximate surface area is 234 Å². The monoisotopic (exact) mass is 606 g/mol. The maximum Gasteiger partial charge on any atom is 0.261 e. The molecule has 0 radical (unpaired) electrons. The number of sulfonamides is 1. The number of hydrogen-bond donors (Lipinski definition) is 3. The number of anilines is 2. The van der Waals surface area contributed by atoms with Gasteiger partial charge in [-0.3, -0.25) is 9.52 Å². The van der Waals surface area contributed by atoms with Gasteiger partial charge in [0.1, 0.15) is 17.2 Å². The van der Waals surface area contributed by atoms with Gasteiger partial charge in [0.25, 0.3) is 15.9 Å². The minimum Gasteiger partial charge on any atom is -0.506 e. The summed E-state index contributed by atoms with van der Waals surface area (Å²) < 4.78 is 58.0. The highest BCUT2D eigenvalue weighted by molar-refractivity contribution is 7.92. The highest BCUT2D eigenvalue weighted by Gasteiger charge is 2.21. The van der Waals surface area contributed by atoms with Crippen LogP contribution in [-0.2, 0) is 19.9 Å². The molecule has 0 aromatic heterocycles. The predicted octanol–water partition coefficient (Wildman–Crippen LogP) is 5.95. The second-order valence-electron chi connectivity index (χ2n) is 8.20. The minimum absolute atomic E-state index is 0.105. The second kappa shape index (κ2) is 11.1. The van der Waals surface area contributed by atoms with E-state index in [1.165, 1.54) is 48.5 Å². The molecule has 0 saturated heterocycles. The van der Waals surface area contributed by atoms with Crippen LogP contribution in [0.25, 0.3) is 0 Å². The summed E-state index contributed by atoms with van der Waals surface area (Å²) in [6, 6.07) is 19.7. The Hall–Kier alpha value is -3.77. The van der Waals surface area contributed by atoms with E-state index in [0.29, 0.717) is 16.5 Å². The number of sulfone groups is 1. The molecule has 39 heavy (non-hydrogen) atoms. The van der Waals surface area contributed by atoms with Crippen molar-refractivity contribution in [3.8, 4) is 17.2 Å².